The zero-order valence-electron chi connectivity index (χ0n) is 10.9. The van der Waals surface area contributed by atoms with Crippen LogP contribution in [0.15, 0.2) is 24.3 Å². The van der Waals surface area contributed by atoms with E-state index in [4.69, 9.17) is 4.74 Å². The van der Waals surface area contributed by atoms with Crippen molar-refractivity contribution in [2.24, 2.45) is 0 Å². The largest absolute Gasteiger partial charge is 0.460 e. The first-order valence-corrected chi connectivity index (χ1v) is 5.74. The van der Waals surface area contributed by atoms with Gasteiger partial charge in [-0.15, -0.1) is 0 Å². The number of esters is 1. The molecule has 0 aliphatic carbocycles. The van der Waals surface area contributed by atoms with Gasteiger partial charge in [0.1, 0.15) is 5.60 Å². The van der Waals surface area contributed by atoms with Gasteiger partial charge in [0, 0.05) is 0 Å². The molecule has 0 saturated heterocycles. The van der Waals surface area contributed by atoms with E-state index >= 15 is 0 Å². The average molecular weight is 236 g/mol. The third kappa shape index (κ3) is 5.00. The van der Waals surface area contributed by atoms with Crippen LogP contribution < -0.4 is 0 Å². The van der Waals surface area contributed by atoms with Gasteiger partial charge in [-0.3, -0.25) is 4.79 Å². The summed E-state index contributed by atoms with van der Waals surface area (Å²) in [6.07, 6.45) is -0.814. The molecule has 3 heteroatoms. The highest BCUT2D eigenvalue weighted by Crippen LogP contribution is 2.19. The quantitative estimate of drug-likeness (QED) is 0.821. The number of hydrogen-bond acceptors (Lipinski definition) is 3. The Labute approximate surface area is 102 Å². The van der Waals surface area contributed by atoms with Gasteiger partial charge in [-0.05, 0) is 33.3 Å². The molecule has 0 fully saturated rings. The second kappa shape index (κ2) is 5.32. The van der Waals surface area contributed by atoms with E-state index in [-0.39, 0.29) is 12.4 Å². The Morgan fingerprint density at radius 2 is 1.82 bits per heavy atom. The minimum absolute atomic E-state index is 0.0136. The molecule has 3 nitrogen and oxygen atoms in total. The maximum Gasteiger partial charge on any atom is 0.309 e. The molecule has 0 aromatic heterocycles. The lowest BCUT2D eigenvalue weighted by molar-refractivity contribution is -0.157. The van der Waals surface area contributed by atoms with Crippen LogP contribution in [0.2, 0.25) is 0 Å². The van der Waals surface area contributed by atoms with Crippen LogP contribution in [0, 0.1) is 6.92 Å². The van der Waals surface area contributed by atoms with Crippen LogP contribution in [-0.4, -0.2) is 16.7 Å². The van der Waals surface area contributed by atoms with Gasteiger partial charge in [-0.25, -0.2) is 0 Å². The minimum atomic E-state index is -0.801. The molecule has 0 bridgehead atoms. The Balaban J connectivity index is 2.57. The van der Waals surface area contributed by atoms with Gasteiger partial charge in [0.25, 0.3) is 0 Å². The number of carbonyl (C=O) groups excluding carboxylic acids is 1. The van der Waals surface area contributed by atoms with Crippen LogP contribution in [0.5, 0.6) is 0 Å². The number of ether oxygens (including phenoxy) is 1. The molecule has 17 heavy (non-hydrogen) atoms. The topological polar surface area (TPSA) is 46.5 Å². The highest BCUT2D eigenvalue weighted by molar-refractivity contribution is 5.70. The second-order valence-corrected chi connectivity index (χ2v) is 5.22. The number of aryl methyl sites for hydroxylation is 1. The number of carbonyl (C=O) groups is 1. The molecule has 1 aromatic carbocycles. The molecule has 0 aliphatic rings. The lowest BCUT2D eigenvalue weighted by Crippen LogP contribution is -2.24. The average Bonchev–Trinajstić information content (AvgIpc) is 2.15. The van der Waals surface area contributed by atoms with Crippen molar-refractivity contribution in [3.8, 4) is 0 Å². The first-order valence-electron chi connectivity index (χ1n) is 5.74. The first kappa shape index (κ1) is 13.7. The Morgan fingerprint density at radius 1 is 1.29 bits per heavy atom. The number of aliphatic hydroxyl groups is 1. The smallest absolute Gasteiger partial charge is 0.309 e. The maximum absolute atomic E-state index is 11.5. The molecule has 1 atom stereocenters. The van der Waals surface area contributed by atoms with E-state index in [0.29, 0.717) is 0 Å². The number of benzene rings is 1. The van der Waals surface area contributed by atoms with E-state index in [1.165, 1.54) is 0 Å². The van der Waals surface area contributed by atoms with Crippen molar-refractivity contribution < 1.29 is 14.6 Å². The van der Waals surface area contributed by atoms with Crippen LogP contribution in [-0.2, 0) is 9.53 Å². The summed E-state index contributed by atoms with van der Waals surface area (Å²) in [5.41, 5.74) is 1.35. The fraction of sp³-hybridized carbons (Fsp3) is 0.500. The summed E-state index contributed by atoms with van der Waals surface area (Å²) in [4.78, 5) is 11.5. The predicted molar refractivity (Wildman–Crippen MR) is 66.6 cm³/mol. The van der Waals surface area contributed by atoms with Crippen molar-refractivity contribution >= 4 is 5.97 Å². The van der Waals surface area contributed by atoms with Crippen molar-refractivity contribution in [1.29, 1.82) is 0 Å². The Kier molecular flexibility index (Phi) is 4.29. The molecule has 0 aliphatic heterocycles. The van der Waals surface area contributed by atoms with Crippen molar-refractivity contribution in [2.45, 2.75) is 45.8 Å². The molecular weight excluding hydrogens is 216 g/mol. The van der Waals surface area contributed by atoms with Gasteiger partial charge in [0.2, 0.25) is 0 Å². The molecule has 1 rings (SSSR count). The monoisotopic (exact) mass is 236 g/mol. The number of hydrogen-bond donors (Lipinski definition) is 1. The molecule has 1 N–H and O–H groups in total. The van der Waals surface area contributed by atoms with E-state index in [0.717, 1.165) is 11.1 Å². The van der Waals surface area contributed by atoms with Gasteiger partial charge in [-0.2, -0.15) is 0 Å². The predicted octanol–water partition coefficient (Wildman–Crippen LogP) is 2.76. The van der Waals surface area contributed by atoms with Crippen LogP contribution in [0.1, 0.15) is 44.4 Å². The van der Waals surface area contributed by atoms with Gasteiger partial charge >= 0.3 is 5.97 Å². The summed E-state index contributed by atoms with van der Waals surface area (Å²) in [5, 5.41) is 9.88. The van der Waals surface area contributed by atoms with E-state index < -0.39 is 11.7 Å². The van der Waals surface area contributed by atoms with Gasteiger partial charge in [-0.1, -0.05) is 29.8 Å². The van der Waals surface area contributed by atoms with Crippen molar-refractivity contribution in [3.63, 3.8) is 0 Å². The highest BCUT2D eigenvalue weighted by atomic mass is 16.6. The van der Waals surface area contributed by atoms with Crippen LogP contribution in [0.3, 0.4) is 0 Å². The lowest BCUT2D eigenvalue weighted by Gasteiger charge is -2.20. The Morgan fingerprint density at radius 3 is 2.29 bits per heavy atom. The normalized spacial score (nSPS) is 13.2. The van der Waals surface area contributed by atoms with Gasteiger partial charge in [0.15, 0.2) is 0 Å². The molecule has 0 radical (unpaired) electrons. The third-order valence-electron chi connectivity index (χ3n) is 2.24. The SMILES string of the molecule is Cc1ccc([C@H](O)CC(=O)OC(C)(C)C)cc1. The molecule has 0 spiro atoms. The summed E-state index contributed by atoms with van der Waals surface area (Å²) in [6.45, 7) is 7.40. The van der Waals surface area contributed by atoms with E-state index in [1.54, 1.807) is 0 Å². The lowest BCUT2D eigenvalue weighted by atomic mass is 10.1. The van der Waals surface area contributed by atoms with E-state index in [2.05, 4.69) is 0 Å². The molecule has 0 amide bonds. The molecule has 1 aromatic rings. The molecule has 94 valence electrons. The van der Waals surface area contributed by atoms with Gasteiger partial charge in [0.05, 0.1) is 12.5 Å². The van der Waals surface area contributed by atoms with Gasteiger partial charge < -0.3 is 9.84 Å². The Bertz CT molecular complexity index is 373. The van der Waals surface area contributed by atoms with Crippen LogP contribution in [0.25, 0.3) is 0 Å². The van der Waals surface area contributed by atoms with E-state index in [1.807, 2.05) is 52.0 Å². The minimum Gasteiger partial charge on any atom is -0.460 e. The molecule has 0 unspecified atom stereocenters. The summed E-state index contributed by atoms with van der Waals surface area (Å²) >= 11 is 0. The zero-order valence-corrected chi connectivity index (χ0v) is 10.9. The highest BCUT2D eigenvalue weighted by Gasteiger charge is 2.19. The fourth-order valence-electron chi connectivity index (χ4n) is 1.45. The number of aliphatic hydroxyl groups excluding tert-OH is 1. The van der Waals surface area contributed by atoms with Crippen LogP contribution >= 0.6 is 0 Å². The number of rotatable bonds is 3. The van der Waals surface area contributed by atoms with E-state index in [9.17, 15) is 9.90 Å². The fourth-order valence-corrected chi connectivity index (χ4v) is 1.45. The van der Waals surface area contributed by atoms with Crippen molar-refractivity contribution in [3.05, 3.63) is 35.4 Å². The van der Waals surface area contributed by atoms with Crippen molar-refractivity contribution in [1.82, 2.24) is 0 Å². The third-order valence-corrected chi connectivity index (χ3v) is 2.24. The molecular formula is C14H20O3. The maximum atomic E-state index is 11.5. The second-order valence-electron chi connectivity index (χ2n) is 5.22. The first-order chi connectivity index (χ1) is 7.78. The Hall–Kier alpha value is -1.35. The van der Waals surface area contributed by atoms with Crippen LogP contribution in [0.4, 0.5) is 0 Å². The molecule has 0 saturated carbocycles. The molecule has 0 heterocycles. The van der Waals surface area contributed by atoms with Crippen molar-refractivity contribution in [2.75, 3.05) is 0 Å². The summed E-state index contributed by atoms with van der Waals surface area (Å²) in [7, 11) is 0. The standard InChI is InChI=1S/C14H20O3/c1-10-5-7-11(8-6-10)12(15)9-13(16)17-14(2,3)4/h5-8,12,15H,9H2,1-4H3/t12-/m1/s1. The summed E-state index contributed by atoms with van der Waals surface area (Å²) in [5.74, 6) is -0.384. The summed E-state index contributed by atoms with van der Waals surface area (Å²) in [6, 6.07) is 7.47. The summed E-state index contributed by atoms with van der Waals surface area (Å²) < 4.78 is 5.15. The zero-order chi connectivity index (χ0) is 13.1.